The van der Waals surface area contributed by atoms with Gasteiger partial charge in [0.25, 0.3) is 0 Å². The van der Waals surface area contributed by atoms with Crippen LogP contribution in [0.15, 0.2) is 60.8 Å². The van der Waals surface area contributed by atoms with Crippen LogP contribution in [-0.2, 0) is 0 Å². The van der Waals surface area contributed by atoms with Crippen LogP contribution in [0.4, 0.5) is 15.9 Å². The molecule has 26 heavy (non-hydrogen) atoms. The smallest absolute Gasteiger partial charge is 0.179 e. The van der Waals surface area contributed by atoms with Gasteiger partial charge in [-0.3, -0.25) is 0 Å². The van der Waals surface area contributed by atoms with E-state index in [4.69, 9.17) is 4.98 Å². The van der Waals surface area contributed by atoms with E-state index in [-0.39, 0.29) is 5.82 Å². The summed E-state index contributed by atoms with van der Waals surface area (Å²) >= 11 is 0. The van der Waals surface area contributed by atoms with E-state index in [1.165, 1.54) is 12.1 Å². The van der Waals surface area contributed by atoms with E-state index in [0.29, 0.717) is 17.3 Å². The maximum Gasteiger partial charge on any atom is 0.179 e. The highest BCUT2D eigenvalue weighted by Crippen LogP contribution is 2.27. The van der Waals surface area contributed by atoms with Crippen molar-refractivity contribution in [1.29, 1.82) is 0 Å². The van der Waals surface area contributed by atoms with Crippen molar-refractivity contribution in [2.75, 3.05) is 5.32 Å². The minimum atomic E-state index is -0.303. The Kier molecular flexibility index (Phi) is 3.14. The van der Waals surface area contributed by atoms with Crippen molar-refractivity contribution in [1.82, 2.24) is 30.0 Å². The van der Waals surface area contributed by atoms with Gasteiger partial charge < -0.3 is 9.72 Å². The van der Waals surface area contributed by atoms with E-state index in [1.54, 1.807) is 12.1 Å². The highest BCUT2D eigenvalue weighted by molar-refractivity contribution is 5.88. The number of hydrogen-bond acceptors (Lipinski definition) is 5. The van der Waals surface area contributed by atoms with Gasteiger partial charge in [-0.2, -0.15) is 0 Å². The number of halogens is 1. The number of nitrogens with zero attached hydrogens (tertiary/aromatic N) is 5. The van der Waals surface area contributed by atoms with Crippen molar-refractivity contribution in [3.8, 4) is 11.4 Å². The molecule has 3 aromatic heterocycles. The molecule has 3 heterocycles. The summed E-state index contributed by atoms with van der Waals surface area (Å²) in [6.07, 6.45) is 1.96. The van der Waals surface area contributed by atoms with E-state index in [0.717, 1.165) is 22.1 Å². The Hall–Kier alpha value is -3.81. The van der Waals surface area contributed by atoms with Gasteiger partial charge in [-0.15, -0.1) is 5.10 Å². The summed E-state index contributed by atoms with van der Waals surface area (Å²) in [5.41, 5.74) is 4.08. The van der Waals surface area contributed by atoms with Gasteiger partial charge in [0.2, 0.25) is 0 Å². The molecule has 0 bridgehead atoms. The molecule has 5 rings (SSSR count). The lowest BCUT2D eigenvalue weighted by molar-refractivity contribution is 0.628. The Labute approximate surface area is 146 Å². The van der Waals surface area contributed by atoms with Crippen LogP contribution in [0.5, 0.6) is 0 Å². The number of aromatic amines is 1. The number of anilines is 2. The largest absolute Gasteiger partial charge is 0.338 e. The van der Waals surface area contributed by atoms with Crippen molar-refractivity contribution in [2.24, 2.45) is 0 Å². The fourth-order valence-electron chi connectivity index (χ4n) is 3.00. The minimum Gasteiger partial charge on any atom is -0.338 e. The summed E-state index contributed by atoms with van der Waals surface area (Å²) in [5, 5.41) is 17.1. The fraction of sp³-hybridized carbons (Fsp3) is 0. The standard InChI is InChI=1S/C18H12FN7/c19-12-3-1-4-13(10-12)20-18-16-5-2-8-26(16)15-7-6-11(9-14(15)21-18)17-22-24-25-23-17/h1-10H,(H,20,21)(H,22,23,24,25). The van der Waals surface area contributed by atoms with E-state index >= 15 is 0 Å². The van der Waals surface area contributed by atoms with Crippen LogP contribution in [0.25, 0.3) is 27.9 Å². The summed E-state index contributed by atoms with van der Waals surface area (Å²) in [4.78, 5) is 4.73. The van der Waals surface area contributed by atoms with Crippen LogP contribution in [0, 0.1) is 5.82 Å². The highest BCUT2D eigenvalue weighted by Gasteiger charge is 2.11. The average Bonchev–Trinajstić information content (AvgIpc) is 3.33. The zero-order valence-electron chi connectivity index (χ0n) is 13.4. The molecule has 0 unspecified atom stereocenters. The van der Waals surface area contributed by atoms with Crippen molar-refractivity contribution < 1.29 is 4.39 Å². The van der Waals surface area contributed by atoms with Crippen LogP contribution in [0.2, 0.25) is 0 Å². The number of H-pyrrole nitrogens is 1. The summed E-state index contributed by atoms with van der Waals surface area (Å²) in [6.45, 7) is 0. The maximum absolute atomic E-state index is 13.5. The lowest BCUT2D eigenvalue weighted by Crippen LogP contribution is -1.99. The molecule has 0 fully saturated rings. The van der Waals surface area contributed by atoms with Crippen molar-refractivity contribution in [3.05, 3.63) is 66.6 Å². The summed E-state index contributed by atoms with van der Waals surface area (Å²) in [7, 11) is 0. The van der Waals surface area contributed by atoms with Gasteiger partial charge in [-0.1, -0.05) is 6.07 Å². The quantitative estimate of drug-likeness (QED) is 0.522. The van der Waals surface area contributed by atoms with Crippen LogP contribution in [0.3, 0.4) is 0 Å². The Morgan fingerprint density at radius 1 is 1.00 bits per heavy atom. The predicted octanol–water partition coefficient (Wildman–Crippen LogP) is 3.55. The molecule has 8 heteroatoms. The molecule has 5 aromatic rings. The normalized spacial score (nSPS) is 11.3. The Balaban J connectivity index is 1.69. The van der Waals surface area contributed by atoms with Crippen LogP contribution in [0.1, 0.15) is 0 Å². The summed E-state index contributed by atoms with van der Waals surface area (Å²) in [5.74, 6) is 0.907. The first-order valence-corrected chi connectivity index (χ1v) is 7.95. The van der Waals surface area contributed by atoms with Gasteiger partial charge in [0.1, 0.15) is 5.82 Å². The van der Waals surface area contributed by atoms with Crippen LogP contribution >= 0.6 is 0 Å². The molecular weight excluding hydrogens is 333 g/mol. The average molecular weight is 345 g/mol. The first kappa shape index (κ1) is 14.5. The van der Waals surface area contributed by atoms with Gasteiger partial charge in [-0.05, 0) is 59.0 Å². The predicted molar refractivity (Wildman–Crippen MR) is 95.6 cm³/mol. The number of nitrogens with one attached hydrogen (secondary N) is 2. The molecule has 2 aromatic carbocycles. The molecule has 0 saturated carbocycles. The monoisotopic (exact) mass is 345 g/mol. The Morgan fingerprint density at radius 3 is 2.81 bits per heavy atom. The molecule has 0 aliphatic carbocycles. The number of benzene rings is 2. The number of rotatable bonds is 3. The Morgan fingerprint density at radius 2 is 1.96 bits per heavy atom. The van der Waals surface area contributed by atoms with E-state index < -0.39 is 0 Å². The molecule has 0 amide bonds. The molecule has 0 atom stereocenters. The summed E-state index contributed by atoms with van der Waals surface area (Å²) in [6, 6.07) is 16.0. The second kappa shape index (κ2) is 5.62. The number of hydrogen-bond donors (Lipinski definition) is 2. The van der Waals surface area contributed by atoms with Gasteiger partial charge in [-0.25, -0.2) is 14.5 Å². The molecule has 0 aliphatic heterocycles. The second-order valence-corrected chi connectivity index (χ2v) is 5.81. The molecule has 2 N–H and O–H groups in total. The lowest BCUT2D eigenvalue weighted by Gasteiger charge is -2.11. The molecule has 0 aliphatic rings. The fourth-order valence-corrected chi connectivity index (χ4v) is 3.00. The number of tetrazole rings is 1. The molecule has 126 valence electrons. The van der Waals surface area contributed by atoms with Crippen molar-refractivity contribution in [3.63, 3.8) is 0 Å². The molecular formula is C18H12FN7. The maximum atomic E-state index is 13.5. The first-order chi connectivity index (χ1) is 12.8. The third kappa shape index (κ3) is 2.35. The van der Waals surface area contributed by atoms with Crippen LogP contribution in [-0.4, -0.2) is 30.0 Å². The summed E-state index contributed by atoms with van der Waals surface area (Å²) < 4.78 is 15.5. The van der Waals surface area contributed by atoms with Gasteiger partial charge in [0.05, 0.1) is 16.6 Å². The molecule has 0 radical (unpaired) electrons. The van der Waals surface area contributed by atoms with Gasteiger partial charge >= 0.3 is 0 Å². The van der Waals surface area contributed by atoms with Crippen molar-refractivity contribution >= 4 is 28.1 Å². The molecule has 0 saturated heterocycles. The van der Waals surface area contributed by atoms with Crippen LogP contribution < -0.4 is 5.32 Å². The van der Waals surface area contributed by atoms with Gasteiger partial charge in [0.15, 0.2) is 11.6 Å². The number of fused-ring (bicyclic) bond motifs is 3. The topological polar surface area (TPSA) is 83.8 Å². The van der Waals surface area contributed by atoms with Gasteiger partial charge in [0, 0.05) is 17.4 Å². The first-order valence-electron chi connectivity index (χ1n) is 7.95. The minimum absolute atomic E-state index is 0.303. The molecule has 7 nitrogen and oxygen atoms in total. The zero-order valence-corrected chi connectivity index (χ0v) is 13.4. The third-order valence-electron chi connectivity index (χ3n) is 4.16. The lowest BCUT2D eigenvalue weighted by atomic mass is 10.2. The highest BCUT2D eigenvalue weighted by atomic mass is 19.1. The van der Waals surface area contributed by atoms with E-state index in [1.807, 2.05) is 40.9 Å². The third-order valence-corrected chi connectivity index (χ3v) is 4.16. The number of aromatic nitrogens is 6. The van der Waals surface area contributed by atoms with E-state index in [2.05, 4.69) is 25.9 Å². The second-order valence-electron chi connectivity index (χ2n) is 5.81. The SMILES string of the molecule is Fc1cccc(Nc2nc3cc(-c4nnn[nH]4)ccc3n3cccc23)c1. The van der Waals surface area contributed by atoms with E-state index in [9.17, 15) is 4.39 Å². The van der Waals surface area contributed by atoms with Crippen molar-refractivity contribution in [2.45, 2.75) is 0 Å². The Bertz CT molecular complexity index is 1230. The zero-order chi connectivity index (χ0) is 17.5. The molecule has 0 spiro atoms.